The highest BCUT2D eigenvalue weighted by Crippen LogP contribution is 2.38. The summed E-state index contributed by atoms with van der Waals surface area (Å²) in [6, 6.07) is 44.8. The maximum Gasteiger partial charge on any atom is -0.00946 e. The molecule has 0 fully saturated rings. The van der Waals surface area contributed by atoms with E-state index in [9.17, 15) is 0 Å². The summed E-state index contributed by atoms with van der Waals surface area (Å²) in [7, 11) is 0. The van der Waals surface area contributed by atoms with E-state index in [-0.39, 0.29) is 0 Å². The Morgan fingerprint density at radius 2 is 0.435 bits per heavy atom. The Labute approximate surface area is 372 Å². The highest BCUT2D eigenvalue weighted by Gasteiger charge is 2.19. The fourth-order valence-electron chi connectivity index (χ4n) is 10.0. The van der Waals surface area contributed by atoms with Gasteiger partial charge in [-0.1, -0.05) is 168 Å². The fraction of sp³-hybridized carbons (Fsp3) is 0.194. The van der Waals surface area contributed by atoms with Gasteiger partial charge in [-0.2, -0.15) is 0 Å². The van der Waals surface area contributed by atoms with Crippen LogP contribution >= 0.6 is 0 Å². The van der Waals surface area contributed by atoms with Crippen LogP contribution in [0.15, 0.2) is 121 Å². The minimum Gasteiger partial charge on any atom is -0.0616 e. The lowest BCUT2D eigenvalue weighted by Gasteiger charge is -2.20. The van der Waals surface area contributed by atoms with Crippen molar-refractivity contribution < 1.29 is 0 Å². The lowest BCUT2D eigenvalue weighted by atomic mass is 9.84. The van der Waals surface area contributed by atoms with Gasteiger partial charge in [0.1, 0.15) is 0 Å². The summed E-state index contributed by atoms with van der Waals surface area (Å²) in [5, 5.41) is 0. The zero-order valence-electron chi connectivity index (χ0n) is 39.0. The second kappa shape index (κ2) is 18.6. The van der Waals surface area contributed by atoms with Gasteiger partial charge in [0.2, 0.25) is 0 Å². The van der Waals surface area contributed by atoms with E-state index in [4.69, 9.17) is 0 Å². The molecule has 0 aliphatic heterocycles. The van der Waals surface area contributed by atoms with Gasteiger partial charge < -0.3 is 0 Å². The molecule has 0 aromatic heterocycles. The molecule has 7 rings (SSSR count). The van der Waals surface area contributed by atoms with Gasteiger partial charge in [-0.3, -0.25) is 0 Å². The molecule has 0 N–H and O–H groups in total. The Morgan fingerprint density at radius 3 is 0.645 bits per heavy atom. The van der Waals surface area contributed by atoms with E-state index in [1.54, 1.807) is 0 Å². The molecule has 0 aliphatic carbocycles. The molecule has 62 heavy (non-hydrogen) atoms. The van der Waals surface area contributed by atoms with Crippen molar-refractivity contribution in [1.82, 2.24) is 0 Å². The molecule has 310 valence electrons. The van der Waals surface area contributed by atoms with Gasteiger partial charge in [-0.15, -0.1) is 0 Å². The van der Waals surface area contributed by atoms with E-state index < -0.39 is 0 Å². The predicted molar refractivity (Wildman–Crippen MR) is 274 cm³/mol. The average Bonchev–Trinajstić information content (AvgIpc) is 3.19. The first-order chi connectivity index (χ1) is 29.7. The SMILES string of the molecule is Cc1cc(C)c(C(=Cc2ccccc2C=Cc2ccccc2C=Cc2ccccc2C=C(c2c(C)cc(C)cc2C)c2c(C)cc(C)cc2C)c2c(C)cc(C)cc2C)c(C)c1. The molecule has 0 aliphatic rings. The molecular formula is C62H62. The molecule has 0 amide bonds. The van der Waals surface area contributed by atoms with Gasteiger partial charge in [0, 0.05) is 0 Å². The fourth-order valence-corrected chi connectivity index (χ4v) is 10.0. The molecule has 0 spiro atoms. The standard InChI is InChI=1S/C62H62/c1-39-29-43(5)59(44(6)30-39)57(60-45(7)31-40(2)32-46(60)8)37-55-23-17-15-21-53(55)27-25-51-19-13-14-20-52(51)26-28-54-22-16-18-24-56(54)38-58(61-47(9)33-41(3)34-48(61)10)62-49(11)35-42(4)36-50(62)12/h13-38H,1-12H3. The van der Waals surface area contributed by atoms with Crippen molar-refractivity contribution in [2.45, 2.75) is 83.1 Å². The van der Waals surface area contributed by atoms with Crippen molar-refractivity contribution in [3.05, 3.63) is 244 Å². The van der Waals surface area contributed by atoms with Crippen LogP contribution in [0.4, 0.5) is 0 Å². The second-order valence-corrected chi connectivity index (χ2v) is 17.8. The topological polar surface area (TPSA) is 0 Å². The Hall–Kier alpha value is -6.50. The molecule has 0 bridgehead atoms. The van der Waals surface area contributed by atoms with Gasteiger partial charge >= 0.3 is 0 Å². The Kier molecular flexibility index (Phi) is 13.1. The minimum absolute atomic E-state index is 1.17. The smallest absolute Gasteiger partial charge is 0.00946 e. The molecule has 0 saturated carbocycles. The Bertz CT molecular complexity index is 2540. The summed E-state index contributed by atoms with van der Waals surface area (Å²) in [5.41, 5.74) is 30.5. The molecule has 0 saturated heterocycles. The maximum atomic E-state index is 2.42. The zero-order chi connectivity index (χ0) is 44.2. The molecule has 0 heteroatoms. The van der Waals surface area contributed by atoms with E-state index in [1.165, 1.54) is 134 Å². The van der Waals surface area contributed by atoms with E-state index in [2.05, 4.69) is 241 Å². The van der Waals surface area contributed by atoms with Crippen LogP contribution in [0, 0.1) is 83.1 Å². The third kappa shape index (κ3) is 9.51. The molecule has 0 nitrogen and oxygen atoms in total. The molecule has 7 aromatic rings. The van der Waals surface area contributed by atoms with Crippen LogP contribution < -0.4 is 0 Å². The third-order valence-corrected chi connectivity index (χ3v) is 12.3. The summed E-state index contributed by atoms with van der Waals surface area (Å²) in [6.45, 7) is 26.8. The van der Waals surface area contributed by atoms with E-state index in [1.807, 2.05) is 0 Å². The summed E-state index contributed by atoms with van der Waals surface area (Å²) < 4.78 is 0. The molecule has 7 aromatic carbocycles. The van der Waals surface area contributed by atoms with Crippen LogP contribution in [0.5, 0.6) is 0 Å². The van der Waals surface area contributed by atoms with Crippen LogP contribution in [0.1, 0.15) is 122 Å². The lowest BCUT2D eigenvalue weighted by Crippen LogP contribution is -2.01. The summed E-state index contributed by atoms with van der Waals surface area (Å²) in [4.78, 5) is 0. The van der Waals surface area contributed by atoms with Gasteiger partial charge in [0.25, 0.3) is 0 Å². The predicted octanol–water partition coefficient (Wildman–Crippen LogP) is 16.9. The number of benzene rings is 7. The van der Waals surface area contributed by atoms with Crippen LogP contribution in [-0.2, 0) is 0 Å². The van der Waals surface area contributed by atoms with Crippen molar-refractivity contribution in [3.63, 3.8) is 0 Å². The van der Waals surface area contributed by atoms with E-state index in [0.29, 0.717) is 0 Å². The van der Waals surface area contributed by atoms with Crippen molar-refractivity contribution in [3.8, 4) is 0 Å². The molecular weight excluding hydrogens is 745 g/mol. The quantitative estimate of drug-likeness (QED) is 0.121. The van der Waals surface area contributed by atoms with Crippen LogP contribution in [0.2, 0.25) is 0 Å². The normalized spacial score (nSPS) is 11.4. The van der Waals surface area contributed by atoms with Gasteiger partial charge in [0.15, 0.2) is 0 Å². The van der Waals surface area contributed by atoms with Crippen LogP contribution in [-0.4, -0.2) is 0 Å². The Morgan fingerprint density at radius 1 is 0.258 bits per heavy atom. The van der Waals surface area contributed by atoms with Gasteiger partial charge in [-0.05, 0) is 207 Å². The number of hydrogen-bond acceptors (Lipinski definition) is 0. The zero-order valence-corrected chi connectivity index (χ0v) is 39.0. The summed E-state index contributed by atoms with van der Waals surface area (Å²) in [6.07, 6.45) is 13.9. The number of aryl methyl sites for hydroxylation is 12. The monoisotopic (exact) mass is 806 g/mol. The Balaban J connectivity index is 1.30. The highest BCUT2D eigenvalue weighted by molar-refractivity contribution is 5.98. The number of hydrogen-bond donors (Lipinski definition) is 0. The molecule has 0 radical (unpaired) electrons. The van der Waals surface area contributed by atoms with E-state index in [0.717, 1.165) is 0 Å². The first-order valence-electron chi connectivity index (χ1n) is 22.1. The van der Waals surface area contributed by atoms with Crippen molar-refractivity contribution in [2.75, 3.05) is 0 Å². The highest BCUT2D eigenvalue weighted by atomic mass is 14.2. The average molecular weight is 807 g/mol. The summed E-state index contributed by atoms with van der Waals surface area (Å²) >= 11 is 0. The summed E-state index contributed by atoms with van der Waals surface area (Å²) in [5.74, 6) is 0. The van der Waals surface area contributed by atoms with E-state index >= 15 is 0 Å². The van der Waals surface area contributed by atoms with Crippen LogP contribution in [0.25, 0.3) is 47.6 Å². The van der Waals surface area contributed by atoms with Crippen LogP contribution in [0.3, 0.4) is 0 Å². The largest absolute Gasteiger partial charge is 0.0616 e. The minimum atomic E-state index is 1.17. The maximum absolute atomic E-state index is 2.42. The molecule has 0 unspecified atom stereocenters. The van der Waals surface area contributed by atoms with Crippen molar-refractivity contribution >= 4 is 47.6 Å². The number of rotatable bonds is 10. The first-order valence-corrected chi connectivity index (χ1v) is 22.1. The second-order valence-electron chi connectivity index (χ2n) is 17.8. The van der Waals surface area contributed by atoms with Gasteiger partial charge in [0.05, 0.1) is 0 Å². The molecule has 0 heterocycles. The van der Waals surface area contributed by atoms with Crippen molar-refractivity contribution in [2.24, 2.45) is 0 Å². The first kappa shape index (κ1) is 43.6. The lowest BCUT2D eigenvalue weighted by molar-refractivity contribution is 1.25. The third-order valence-electron chi connectivity index (χ3n) is 12.3. The van der Waals surface area contributed by atoms with Gasteiger partial charge in [-0.25, -0.2) is 0 Å². The van der Waals surface area contributed by atoms with Crippen molar-refractivity contribution in [1.29, 1.82) is 0 Å². The molecule has 0 atom stereocenters.